The van der Waals surface area contributed by atoms with Gasteiger partial charge in [0.15, 0.2) is 5.82 Å². The number of nitrogens with two attached hydrogens (primary N) is 1. The van der Waals surface area contributed by atoms with Crippen molar-refractivity contribution in [2.45, 2.75) is 26.3 Å². The average molecular weight is 519 g/mol. The molecule has 2 aromatic carbocycles. The van der Waals surface area contributed by atoms with Gasteiger partial charge in [-0.05, 0) is 43.2 Å². The molecule has 0 aliphatic carbocycles. The topological polar surface area (TPSA) is 136 Å². The van der Waals surface area contributed by atoms with Crippen molar-refractivity contribution >= 4 is 28.3 Å². The molecule has 0 bridgehead atoms. The molecule has 0 fully saturated rings. The number of primary amides is 1. The number of aromatic nitrogens is 6. The predicted octanol–water partition coefficient (Wildman–Crippen LogP) is 3.93. The molecular formula is C29H26N8O2. The Balaban J connectivity index is 1.50. The number of hydrogen-bond acceptors (Lipinski definition) is 6. The second-order valence-corrected chi connectivity index (χ2v) is 9.43. The first-order valence-electron chi connectivity index (χ1n) is 12.6. The Morgan fingerprint density at radius 1 is 1.05 bits per heavy atom. The molecule has 1 unspecified atom stereocenters. The van der Waals surface area contributed by atoms with Gasteiger partial charge in [0.05, 0.1) is 22.7 Å². The number of aromatic amines is 1. The van der Waals surface area contributed by atoms with Gasteiger partial charge >= 0.3 is 0 Å². The number of rotatable bonds is 7. The third-order valence-corrected chi connectivity index (χ3v) is 6.72. The Hall–Kier alpha value is -5.25. The van der Waals surface area contributed by atoms with Gasteiger partial charge in [0.2, 0.25) is 0 Å². The Kier molecular flexibility index (Phi) is 5.91. The lowest BCUT2D eigenvalue weighted by Crippen LogP contribution is -2.29. The SMILES string of the molecule is Cc1ccn2nc(C(C)Nc3nc(Cc4ccccc4)nc4[nH]cc(C(N)=O)c34)n(-c3ccccc3)c(=O)c12. The van der Waals surface area contributed by atoms with Crippen LogP contribution in [0.4, 0.5) is 5.82 Å². The molecule has 39 heavy (non-hydrogen) atoms. The normalized spacial score (nSPS) is 12.2. The number of carbonyl (C=O) groups is 1. The van der Waals surface area contributed by atoms with Gasteiger partial charge in [0.1, 0.15) is 22.8 Å². The van der Waals surface area contributed by atoms with Gasteiger partial charge in [0, 0.05) is 18.8 Å². The first-order chi connectivity index (χ1) is 18.9. The summed E-state index contributed by atoms with van der Waals surface area (Å²) in [7, 11) is 0. The third kappa shape index (κ3) is 4.31. The third-order valence-electron chi connectivity index (χ3n) is 6.72. The van der Waals surface area contributed by atoms with Crippen LogP contribution in [0.5, 0.6) is 0 Å². The maximum atomic E-state index is 13.7. The van der Waals surface area contributed by atoms with Gasteiger partial charge in [-0.2, -0.15) is 5.10 Å². The Morgan fingerprint density at radius 3 is 2.49 bits per heavy atom. The van der Waals surface area contributed by atoms with Crippen molar-refractivity contribution in [2.24, 2.45) is 5.73 Å². The quantitative estimate of drug-likeness (QED) is 0.293. The van der Waals surface area contributed by atoms with Gasteiger partial charge < -0.3 is 16.0 Å². The second-order valence-electron chi connectivity index (χ2n) is 9.43. The molecule has 4 heterocycles. The van der Waals surface area contributed by atoms with Crippen molar-refractivity contribution in [1.82, 2.24) is 29.1 Å². The highest BCUT2D eigenvalue weighted by atomic mass is 16.1. The fraction of sp³-hybridized carbons (Fsp3) is 0.138. The number of hydrogen-bond donors (Lipinski definition) is 3. The maximum absolute atomic E-state index is 13.7. The van der Waals surface area contributed by atoms with E-state index in [9.17, 15) is 9.59 Å². The summed E-state index contributed by atoms with van der Waals surface area (Å²) in [5.41, 5.74) is 9.35. The van der Waals surface area contributed by atoms with E-state index >= 15 is 0 Å². The number of nitrogens with zero attached hydrogens (tertiary/aromatic N) is 5. The lowest BCUT2D eigenvalue weighted by Gasteiger charge is -2.20. The minimum Gasteiger partial charge on any atom is -0.366 e. The molecule has 194 valence electrons. The highest BCUT2D eigenvalue weighted by Gasteiger charge is 2.23. The number of amides is 1. The van der Waals surface area contributed by atoms with Crippen LogP contribution in [0.15, 0.2) is 83.9 Å². The lowest BCUT2D eigenvalue weighted by molar-refractivity contribution is 0.100. The standard InChI is InChI=1S/C29H26N8O2/c1-17-13-14-36-24(17)29(39)37(20-11-7-4-8-12-20)28(35-36)18(2)32-27-23-21(25(30)38)16-31-26(23)33-22(34-27)15-19-9-5-3-6-10-19/h3-14,16,18H,15H2,1-2H3,(H2,30,38)(H2,31,32,33,34). The Morgan fingerprint density at radius 2 is 1.77 bits per heavy atom. The average Bonchev–Trinajstić information content (AvgIpc) is 3.53. The second kappa shape index (κ2) is 9.56. The first-order valence-corrected chi connectivity index (χ1v) is 12.6. The summed E-state index contributed by atoms with van der Waals surface area (Å²) in [6.07, 6.45) is 3.80. The van der Waals surface area contributed by atoms with Crippen molar-refractivity contribution in [3.63, 3.8) is 0 Å². The van der Waals surface area contributed by atoms with Crippen molar-refractivity contribution in [2.75, 3.05) is 5.32 Å². The number of nitrogens with one attached hydrogen (secondary N) is 2. The smallest absolute Gasteiger partial charge is 0.282 e. The van der Waals surface area contributed by atoms with Crippen LogP contribution in [0.1, 0.15) is 46.1 Å². The van der Waals surface area contributed by atoms with E-state index in [0.29, 0.717) is 46.1 Å². The monoisotopic (exact) mass is 518 g/mol. The van der Waals surface area contributed by atoms with E-state index < -0.39 is 11.9 Å². The lowest BCUT2D eigenvalue weighted by atomic mass is 10.1. The highest BCUT2D eigenvalue weighted by Crippen LogP contribution is 2.28. The number of para-hydroxylation sites is 1. The number of aryl methyl sites for hydroxylation is 1. The molecule has 0 saturated heterocycles. The van der Waals surface area contributed by atoms with E-state index in [1.807, 2.05) is 80.6 Å². The summed E-state index contributed by atoms with van der Waals surface area (Å²) in [4.78, 5) is 38.5. The largest absolute Gasteiger partial charge is 0.366 e. The van der Waals surface area contributed by atoms with E-state index in [1.165, 1.54) is 6.20 Å². The fourth-order valence-corrected chi connectivity index (χ4v) is 4.84. The van der Waals surface area contributed by atoms with Crippen molar-refractivity contribution in [3.8, 4) is 5.69 Å². The number of fused-ring (bicyclic) bond motifs is 2. The first kappa shape index (κ1) is 24.1. The van der Waals surface area contributed by atoms with E-state index in [-0.39, 0.29) is 11.1 Å². The van der Waals surface area contributed by atoms with Crippen LogP contribution in [0.3, 0.4) is 0 Å². The molecule has 6 aromatic rings. The molecule has 6 rings (SSSR count). The Labute approximate surface area is 223 Å². The zero-order valence-corrected chi connectivity index (χ0v) is 21.4. The zero-order chi connectivity index (χ0) is 27.1. The van der Waals surface area contributed by atoms with Gasteiger partial charge in [-0.15, -0.1) is 0 Å². The minimum atomic E-state index is -0.597. The molecule has 1 atom stereocenters. The number of anilines is 1. The van der Waals surface area contributed by atoms with E-state index in [4.69, 9.17) is 15.8 Å². The molecule has 4 N–H and O–H groups in total. The molecule has 0 aliphatic rings. The summed E-state index contributed by atoms with van der Waals surface area (Å²) in [6.45, 7) is 3.78. The maximum Gasteiger partial charge on any atom is 0.282 e. The van der Waals surface area contributed by atoms with Crippen LogP contribution in [-0.2, 0) is 6.42 Å². The van der Waals surface area contributed by atoms with Gasteiger partial charge in [-0.25, -0.2) is 14.5 Å². The molecule has 10 nitrogen and oxygen atoms in total. The number of H-pyrrole nitrogens is 1. The summed E-state index contributed by atoms with van der Waals surface area (Å²) in [5.74, 6) is 0.860. The molecule has 0 aliphatic heterocycles. The Bertz CT molecular complexity index is 1890. The van der Waals surface area contributed by atoms with Gasteiger partial charge in [-0.1, -0.05) is 48.5 Å². The number of benzene rings is 2. The van der Waals surface area contributed by atoms with Gasteiger partial charge in [0.25, 0.3) is 11.5 Å². The van der Waals surface area contributed by atoms with E-state index in [1.54, 1.807) is 15.3 Å². The van der Waals surface area contributed by atoms with E-state index in [0.717, 1.165) is 11.1 Å². The molecular weight excluding hydrogens is 492 g/mol. The predicted molar refractivity (Wildman–Crippen MR) is 149 cm³/mol. The van der Waals surface area contributed by atoms with Crippen LogP contribution in [0.25, 0.3) is 22.2 Å². The van der Waals surface area contributed by atoms with Crippen molar-refractivity contribution in [3.05, 3.63) is 118 Å². The van der Waals surface area contributed by atoms with Crippen LogP contribution < -0.4 is 16.6 Å². The highest BCUT2D eigenvalue weighted by molar-refractivity contribution is 6.09. The summed E-state index contributed by atoms with van der Waals surface area (Å²) in [5, 5.41) is 8.71. The van der Waals surface area contributed by atoms with Crippen LogP contribution >= 0.6 is 0 Å². The van der Waals surface area contributed by atoms with Crippen molar-refractivity contribution < 1.29 is 4.79 Å². The van der Waals surface area contributed by atoms with Gasteiger partial charge in [-0.3, -0.25) is 14.2 Å². The molecule has 1 amide bonds. The van der Waals surface area contributed by atoms with Crippen molar-refractivity contribution in [1.29, 1.82) is 0 Å². The van der Waals surface area contributed by atoms with Crippen LogP contribution in [0, 0.1) is 6.92 Å². The summed E-state index contributed by atoms with van der Waals surface area (Å²) >= 11 is 0. The van der Waals surface area contributed by atoms with E-state index in [2.05, 4.69) is 15.3 Å². The molecule has 0 spiro atoms. The number of carbonyl (C=O) groups excluding carboxylic acids is 1. The van der Waals surface area contributed by atoms with Crippen LogP contribution in [0.2, 0.25) is 0 Å². The fourth-order valence-electron chi connectivity index (χ4n) is 4.84. The molecule has 0 saturated carbocycles. The molecule has 4 aromatic heterocycles. The summed E-state index contributed by atoms with van der Waals surface area (Å²) < 4.78 is 3.21. The van der Waals surface area contributed by atoms with Crippen LogP contribution in [-0.4, -0.2) is 35.0 Å². The molecule has 0 radical (unpaired) electrons. The minimum absolute atomic E-state index is 0.181. The summed E-state index contributed by atoms with van der Waals surface area (Å²) in [6, 6.07) is 20.6. The molecule has 10 heteroatoms. The zero-order valence-electron chi connectivity index (χ0n) is 21.4.